The molecule has 0 fully saturated rings. The Morgan fingerprint density at radius 2 is 1.15 bits per heavy atom. The van der Waals surface area contributed by atoms with Crippen molar-refractivity contribution in [3.63, 3.8) is 0 Å². The van der Waals surface area contributed by atoms with Crippen LogP contribution < -0.4 is 18.9 Å². The fourth-order valence-corrected chi connectivity index (χ4v) is 2.31. The van der Waals surface area contributed by atoms with Crippen LogP contribution in [0.5, 0.6) is 5.75 Å². The molecule has 2 heteroatoms. The van der Waals surface area contributed by atoms with Gasteiger partial charge in [-0.15, -0.1) is 0 Å². The number of hydrogen-bond acceptors (Lipinski definition) is 1. The SMILES string of the molecule is Oc1cccc(-c2ccccc2)c1-c1ccccc1.[H-].[Li+]. The van der Waals surface area contributed by atoms with Crippen LogP contribution in [0.3, 0.4) is 0 Å². The minimum Gasteiger partial charge on any atom is -1.00 e. The molecular weight excluding hydrogens is 239 g/mol. The topological polar surface area (TPSA) is 20.2 Å². The van der Waals surface area contributed by atoms with Gasteiger partial charge in [-0.2, -0.15) is 0 Å². The van der Waals surface area contributed by atoms with E-state index < -0.39 is 0 Å². The molecule has 0 aliphatic rings. The molecular formula is C18H15LiO. The Kier molecular flexibility index (Phi) is 4.69. The molecule has 0 unspecified atom stereocenters. The molecule has 3 aromatic rings. The van der Waals surface area contributed by atoms with Crippen LogP contribution in [-0.2, 0) is 0 Å². The van der Waals surface area contributed by atoms with Crippen molar-refractivity contribution >= 4 is 0 Å². The smallest absolute Gasteiger partial charge is 1.00 e. The third-order valence-corrected chi connectivity index (χ3v) is 3.19. The summed E-state index contributed by atoms with van der Waals surface area (Å²) >= 11 is 0. The molecule has 0 saturated carbocycles. The van der Waals surface area contributed by atoms with Crippen LogP contribution >= 0.6 is 0 Å². The Morgan fingerprint density at radius 1 is 0.600 bits per heavy atom. The fraction of sp³-hybridized carbons (Fsp3) is 0. The maximum atomic E-state index is 10.2. The van der Waals surface area contributed by atoms with E-state index in [0.29, 0.717) is 5.75 Å². The Bertz CT molecular complexity index is 684. The average Bonchev–Trinajstić information content (AvgIpc) is 2.49. The van der Waals surface area contributed by atoms with Crippen LogP contribution in [0.1, 0.15) is 1.43 Å². The van der Waals surface area contributed by atoms with Crippen molar-refractivity contribution in [1.82, 2.24) is 0 Å². The molecule has 0 bridgehead atoms. The second-order valence-electron chi connectivity index (χ2n) is 4.43. The summed E-state index contributed by atoms with van der Waals surface area (Å²) in [7, 11) is 0. The number of rotatable bonds is 2. The van der Waals surface area contributed by atoms with Crippen molar-refractivity contribution in [2.24, 2.45) is 0 Å². The molecule has 94 valence electrons. The predicted molar refractivity (Wildman–Crippen MR) is 80.1 cm³/mol. The van der Waals surface area contributed by atoms with Crippen molar-refractivity contribution in [2.45, 2.75) is 0 Å². The van der Waals surface area contributed by atoms with Gasteiger partial charge in [-0.3, -0.25) is 0 Å². The van der Waals surface area contributed by atoms with Gasteiger partial charge in [0, 0.05) is 5.56 Å². The Balaban J connectivity index is 0.00000110. The van der Waals surface area contributed by atoms with Gasteiger partial charge in [0.25, 0.3) is 0 Å². The summed E-state index contributed by atoms with van der Waals surface area (Å²) in [4.78, 5) is 0. The minimum atomic E-state index is 0. The third kappa shape index (κ3) is 2.80. The summed E-state index contributed by atoms with van der Waals surface area (Å²) < 4.78 is 0. The van der Waals surface area contributed by atoms with E-state index in [1.54, 1.807) is 6.07 Å². The molecule has 0 aliphatic carbocycles. The molecule has 0 spiro atoms. The molecule has 20 heavy (non-hydrogen) atoms. The van der Waals surface area contributed by atoms with Crippen LogP contribution in [-0.4, -0.2) is 5.11 Å². The van der Waals surface area contributed by atoms with Crippen LogP contribution in [0, 0.1) is 0 Å². The van der Waals surface area contributed by atoms with Crippen molar-refractivity contribution < 1.29 is 25.4 Å². The van der Waals surface area contributed by atoms with Crippen molar-refractivity contribution in [1.29, 1.82) is 0 Å². The second kappa shape index (κ2) is 6.48. The summed E-state index contributed by atoms with van der Waals surface area (Å²) in [6.07, 6.45) is 0. The van der Waals surface area contributed by atoms with Crippen molar-refractivity contribution in [3.8, 4) is 28.0 Å². The molecule has 0 aliphatic heterocycles. The molecule has 0 heterocycles. The zero-order valence-electron chi connectivity index (χ0n) is 12.5. The zero-order chi connectivity index (χ0) is 13.1. The van der Waals surface area contributed by atoms with Crippen LogP contribution in [0.25, 0.3) is 22.3 Å². The summed E-state index contributed by atoms with van der Waals surface area (Å²) in [5.74, 6) is 0.313. The van der Waals surface area contributed by atoms with Gasteiger partial charge in [-0.25, -0.2) is 0 Å². The van der Waals surface area contributed by atoms with Gasteiger partial charge in [-0.05, 0) is 22.8 Å². The van der Waals surface area contributed by atoms with Crippen LogP contribution in [0.2, 0.25) is 0 Å². The number of phenolic OH excluding ortho intramolecular Hbond substituents is 1. The van der Waals surface area contributed by atoms with Crippen molar-refractivity contribution in [2.75, 3.05) is 0 Å². The average molecular weight is 254 g/mol. The van der Waals surface area contributed by atoms with E-state index in [0.717, 1.165) is 22.3 Å². The van der Waals surface area contributed by atoms with Gasteiger partial charge in [0.15, 0.2) is 0 Å². The first kappa shape index (κ1) is 14.5. The standard InChI is InChI=1S/C18H14O.Li.H/c19-17-13-7-12-16(14-8-3-1-4-9-14)18(17)15-10-5-2-6-11-15;;/h1-13,19H;;/q;+1;-1. The Labute approximate surface area is 132 Å². The molecule has 1 nitrogen and oxygen atoms in total. The third-order valence-electron chi connectivity index (χ3n) is 3.19. The Hall–Kier alpha value is -1.94. The van der Waals surface area contributed by atoms with Gasteiger partial charge >= 0.3 is 18.9 Å². The molecule has 1 N–H and O–H groups in total. The van der Waals surface area contributed by atoms with E-state index >= 15 is 0 Å². The molecule has 0 radical (unpaired) electrons. The number of aromatic hydroxyl groups is 1. The largest absolute Gasteiger partial charge is 1.00 e. The normalized spacial score (nSPS) is 9.80. The van der Waals surface area contributed by atoms with E-state index in [9.17, 15) is 5.11 Å². The monoisotopic (exact) mass is 254 g/mol. The van der Waals surface area contributed by atoms with Crippen LogP contribution in [0.4, 0.5) is 0 Å². The van der Waals surface area contributed by atoms with Gasteiger partial charge in [0.2, 0.25) is 0 Å². The second-order valence-corrected chi connectivity index (χ2v) is 4.43. The molecule has 3 rings (SSSR count). The number of hydrogen-bond donors (Lipinski definition) is 1. The van der Waals surface area contributed by atoms with Gasteiger partial charge in [-0.1, -0.05) is 72.8 Å². The fourth-order valence-electron chi connectivity index (χ4n) is 2.31. The van der Waals surface area contributed by atoms with E-state index in [1.807, 2.05) is 60.7 Å². The molecule has 0 amide bonds. The zero-order valence-corrected chi connectivity index (χ0v) is 11.5. The van der Waals surface area contributed by atoms with E-state index in [4.69, 9.17) is 0 Å². The van der Waals surface area contributed by atoms with E-state index in [-0.39, 0.29) is 20.3 Å². The minimum absolute atomic E-state index is 0. The van der Waals surface area contributed by atoms with Gasteiger partial charge < -0.3 is 6.53 Å². The maximum absolute atomic E-state index is 10.2. The quantitative estimate of drug-likeness (QED) is 0.692. The number of benzene rings is 3. The summed E-state index contributed by atoms with van der Waals surface area (Å²) in [5, 5.41) is 10.2. The van der Waals surface area contributed by atoms with Crippen LogP contribution in [0.15, 0.2) is 78.9 Å². The first-order valence-electron chi connectivity index (χ1n) is 6.29. The van der Waals surface area contributed by atoms with Crippen molar-refractivity contribution in [3.05, 3.63) is 78.9 Å². The first-order chi connectivity index (χ1) is 9.36. The van der Waals surface area contributed by atoms with E-state index in [2.05, 4.69) is 12.1 Å². The maximum Gasteiger partial charge on any atom is 1.00 e. The predicted octanol–water partition coefficient (Wildman–Crippen LogP) is 1.84. The Morgan fingerprint density at radius 3 is 1.75 bits per heavy atom. The summed E-state index contributed by atoms with van der Waals surface area (Å²) in [6, 6.07) is 25.7. The first-order valence-corrected chi connectivity index (χ1v) is 6.29. The summed E-state index contributed by atoms with van der Waals surface area (Å²) in [5.41, 5.74) is 4.07. The molecule has 0 atom stereocenters. The van der Waals surface area contributed by atoms with E-state index in [1.165, 1.54) is 0 Å². The number of phenols is 1. The molecule has 0 saturated heterocycles. The van der Waals surface area contributed by atoms with Gasteiger partial charge in [0.1, 0.15) is 5.75 Å². The summed E-state index contributed by atoms with van der Waals surface area (Å²) in [6.45, 7) is 0. The molecule has 0 aromatic heterocycles. The molecule has 3 aromatic carbocycles. The van der Waals surface area contributed by atoms with Gasteiger partial charge in [0.05, 0.1) is 0 Å².